The van der Waals surface area contributed by atoms with Gasteiger partial charge in [-0.05, 0) is 56.0 Å². The van der Waals surface area contributed by atoms with Crippen molar-refractivity contribution in [2.24, 2.45) is 5.92 Å². The van der Waals surface area contributed by atoms with Gasteiger partial charge in [0.15, 0.2) is 0 Å². The summed E-state index contributed by atoms with van der Waals surface area (Å²) in [7, 11) is 0. The molecular weight excluding hydrogens is 208 g/mol. The molecule has 1 aliphatic heterocycles. The molecule has 0 aliphatic carbocycles. The number of anilines is 1. The maximum Gasteiger partial charge on any atom is 0.0635 e. The van der Waals surface area contributed by atoms with Crippen LogP contribution in [0.3, 0.4) is 0 Å². The summed E-state index contributed by atoms with van der Waals surface area (Å²) in [4.78, 5) is 0. The minimum Gasteiger partial charge on any atom is -0.398 e. The lowest BCUT2D eigenvalue weighted by Crippen LogP contribution is -2.28. The van der Waals surface area contributed by atoms with Crippen molar-refractivity contribution >= 4 is 17.3 Å². The quantitative estimate of drug-likeness (QED) is 0.758. The van der Waals surface area contributed by atoms with Crippen LogP contribution >= 0.6 is 11.6 Å². The normalized spacial score (nSPS) is 17.9. The Morgan fingerprint density at radius 2 is 2.07 bits per heavy atom. The summed E-state index contributed by atoms with van der Waals surface area (Å²) >= 11 is 5.89. The molecule has 0 aromatic heterocycles. The fourth-order valence-electron chi connectivity index (χ4n) is 2.14. The van der Waals surface area contributed by atoms with Gasteiger partial charge in [0.05, 0.1) is 10.7 Å². The third-order valence-corrected chi connectivity index (χ3v) is 3.39. The van der Waals surface area contributed by atoms with Crippen LogP contribution in [0.15, 0.2) is 18.2 Å². The number of benzene rings is 1. The summed E-state index contributed by atoms with van der Waals surface area (Å²) in [6.45, 7) is 2.29. The minimum atomic E-state index is 0.657. The van der Waals surface area contributed by atoms with Gasteiger partial charge in [0.2, 0.25) is 0 Å². The Bertz CT molecular complexity index is 332. The van der Waals surface area contributed by atoms with E-state index in [0.29, 0.717) is 10.7 Å². The zero-order valence-corrected chi connectivity index (χ0v) is 9.56. The second-order valence-electron chi connectivity index (χ2n) is 4.25. The van der Waals surface area contributed by atoms with Crippen LogP contribution in [0.25, 0.3) is 0 Å². The molecule has 1 fully saturated rings. The standard InChI is InChI=1S/C12H17ClN2/c13-11-2-1-10(8-12(11)14)7-9-3-5-15-6-4-9/h1-2,8-9,15H,3-7,14H2. The Morgan fingerprint density at radius 3 is 2.73 bits per heavy atom. The van der Waals surface area contributed by atoms with Crippen LogP contribution in [0.4, 0.5) is 5.69 Å². The van der Waals surface area contributed by atoms with Crippen molar-refractivity contribution in [2.45, 2.75) is 19.3 Å². The molecule has 0 saturated carbocycles. The summed E-state index contributed by atoms with van der Waals surface area (Å²) in [5, 5.41) is 4.03. The number of nitrogens with two attached hydrogens (primary N) is 1. The van der Waals surface area contributed by atoms with Crippen LogP contribution in [0, 0.1) is 5.92 Å². The highest BCUT2D eigenvalue weighted by atomic mass is 35.5. The fourth-order valence-corrected chi connectivity index (χ4v) is 2.26. The van der Waals surface area contributed by atoms with E-state index in [0.717, 1.165) is 25.4 Å². The summed E-state index contributed by atoms with van der Waals surface area (Å²) in [6.07, 6.45) is 3.66. The van der Waals surface area contributed by atoms with Gasteiger partial charge < -0.3 is 11.1 Å². The highest BCUT2D eigenvalue weighted by Gasteiger charge is 2.13. The molecule has 3 heteroatoms. The van der Waals surface area contributed by atoms with E-state index in [1.54, 1.807) is 0 Å². The predicted octanol–water partition coefficient (Wildman–Crippen LogP) is 2.46. The zero-order valence-electron chi connectivity index (χ0n) is 8.80. The second kappa shape index (κ2) is 4.86. The van der Waals surface area contributed by atoms with Crippen molar-refractivity contribution < 1.29 is 0 Å². The molecule has 2 nitrogen and oxygen atoms in total. The Labute approximate surface area is 95.8 Å². The molecule has 0 radical (unpaired) electrons. The lowest BCUT2D eigenvalue weighted by molar-refractivity contribution is 0.373. The molecule has 0 atom stereocenters. The first-order valence-electron chi connectivity index (χ1n) is 5.50. The Morgan fingerprint density at radius 1 is 1.33 bits per heavy atom. The number of halogens is 1. The average molecular weight is 225 g/mol. The van der Waals surface area contributed by atoms with Crippen molar-refractivity contribution in [3.63, 3.8) is 0 Å². The number of nitrogen functional groups attached to an aromatic ring is 1. The van der Waals surface area contributed by atoms with Gasteiger partial charge in [0.1, 0.15) is 0 Å². The number of hydrogen-bond donors (Lipinski definition) is 2. The van der Waals surface area contributed by atoms with Crippen LogP contribution in [0.5, 0.6) is 0 Å². The van der Waals surface area contributed by atoms with Gasteiger partial charge >= 0.3 is 0 Å². The van der Waals surface area contributed by atoms with Crippen LogP contribution in [-0.2, 0) is 6.42 Å². The lowest BCUT2D eigenvalue weighted by atomic mass is 9.91. The predicted molar refractivity (Wildman–Crippen MR) is 65.2 cm³/mol. The van der Waals surface area contributed by atoms with Gasteiger partial charge in [0.25, 0.3) is 0 Å². The van der Waals surface area contributed by atoms with E-state index >= 15 is 0 Å². The van der Waals surface area contributed by atoms with E-state index in [1.807, 2.05) is 12.1 Å². The number of hydrogen-bond acceptors (Lipinski definition) is 2. The summed E-state index contributed by atoms with van der Waals surface area (Å²) in [5.74, 6) is 0.798. The summed E-state index contributed by atoms with van der Waals surface area (Å²) in [6, 6.07) is 5.98. The van der Waals surface area contributed by atoms with Gasteiger partial charge in [-0.2, -0.15) is 0 Å². The molecule has 1 aromatic rings. The van der Waals surface area contributed by atoms with E-state index in [1.165, 1.54) is 18.4 Å². The minimum absolute atomic E-state index is 0.657. The van der Waals surface area contributed by atoms with E-state index in [4.69, 9.17) is 17.3 Å². The van der Waals surface area contributed by atoms with Crippen molar-refractivity contribution in [1.82, 2.24) is 5.32 Å². The van der Waals surface area contributed by atoms with Crippen molar-refractivity contribution in [3.05, 3.63) is 28.8 Å². The third-order valence-electron chi connectivity index (χ3n) is 3.04. The number of rotatable bonds is 2. The van der Waals surface area contributed by atoms with E-state index < -0.39 is 0 Å². The molecular formula is C12H17ClN2. The number of nitrogens with one attached hydrogen (secondary N) is 1. The van der Waals surface area contributed by atoms with E-state index in [9.17, 15) is 0 Å². The van der Waals surface area contributed by atoms with Crippen LogP contribution in [0.1, 0.15) is 18.4 Å². The number of piperidine rings is 1. The Balaban J connectivity index is 2.00. The zero-order chi connectivity index (χ0) is 10.7. The third kappa shape index (κ3) is 2.86. The highest BCUT2D eigenvalue weighted by Crippen LogP contribution is 2.23. The molecule has 1 heterocycles. The fraction of sp³-hybridized carbons (Fsp3) is 0.500. The molecule has 0 unspecified atom stereocenters. The molecule has 1 aliphatic rings. The molecule has 0 spiro atoms. The first-order chi connectivity index (χ1) is 7.25. The van der Waals surface area contributed by atoms with Crippen molar-refractivity contribution in [1.29, 1.82) is 0 Å². The smallest absolute Gasteiger partial charge is 0.0635 e. The van der Waals surface area contributed by atoms with Crippen LogP contribution < -0.4 is 11.1 Å². The Hall–Kier alpha value is -0.730. The van der Waals surface area contributed by atoms with Crippen LogP contribution in [0.2, 0.25) is 5.02 Å². The molecule has 1 saturated heterocycles. The summed E-state index contributed by atoms with van der Waals surface area (Å²) in [5.41, 5.74) is 7.79. The first-order valence-corrected chi connectivity index (χ1v) is 5.88. The highest BCUT2D eigenvalue weighted by molar-refractivity contribution is 6.33. The topological polar surface area (TPSA) is 38.0 Å². The second-order valence-corrected chi connectivity index (χ2v) is 4.66. The van der Waals surface area contributed by atoms with Gasteiger partial charge in [0, 0.05) is 0 Å². The van der Waals surface area contributed by atoms with Crippen LogP contribution in [-0.4, -0.2) is 13.1 Å². The van der Waals surface area contributed by atoms with Gasteiger partial charge in [-0.15, -0.1) is 0 Å². The largest absolute Gasteiger partial charge is 0.398 e. The summed E-state index contributed by atoms with van der Waals surface area (Å²) < 4.78 is 0. The SMILES string of the molecule is Nc1cc(CC2CCNCC2)ccc1Cl. The maximum absolute atomic E-state index is 5.89. The first kappa shape index (κ1) is 10.8. The van der Waals surface area contributed by atoms with Gasteiger partial charge in [-0.25, -0.2) is 0 Å². The van der Waals surface area contributed by atoms with Gasteiger partial charge in [-0.1, -0.05) is 17.7 Å². The molecule has 0 bridgehead atoms. The molecule has 0 amide bonds. The molecule has 15 heavy (non-hydrogen) atoms. The molecule has 82 valence electrons. The van der Waals surface area contributed by atoms with Crippen molar-refractivity contribution in [3.8, 4) is 0 Å². The Kier molecular flexibility index (Phi) is 3.49. The molecule has 1 aromatic carbocycles. The van der Waals surface area contributed by atoms with Gasteiger partial charge in [-0.3, -0.25) is 0 Å². The molecule has 3 N–H and O–H groups in total. The van der Waals surface area contributed by atoms with Crippen molar-refractivity contribution in [2.75, 3.05) is 18.8 Å². The molecule has 2 rings (SSSR count). The maximum atomic E-state index is 5.89. The average Bonchev–Trinajstić information content (AvgIpc) is 2.25. The lowest BCUT2D eigenvalue weighted by Gasteiger charge is -2.22. The van der Waals surface area contributed by atoms with E-state index in [-0.39, 0.29) is 0 Å². The van der Waals surface area contributed by atoms with E-state index in [2.05, 4.69) is 11.4 Å². The monoisotopic (exact) mass is 224 g/mol.